The molecule has 0 saturated heterocycles. The number of Topliss-reactive ketones (excluding diaryl/α,β-unsaturated/α-hetero) is 1. The van der Waals surface area contributed by atoms with Crippen molar-refractivity contribution in [2.24, 2.45) is 4.99 Å². The maximum absolute atomic E-state index is 12.7. The van der Waals surface area contributed by atoms with Gasteiger partial charge in [-0.05, 0) is 12.5 Å². The zero-order chi connectivity index (χ0) is 16.0. The molecule has 0 bridgehead atoms. The summed E-state index contributed by atoms with van der Waals surface area (Å²) in [5, 5.41) is 0. The highest BCUT2D eigenvalue weighted by molar-refractivity contribution is 6.28. The number of benzene rings is 2. The van der Waals surface area contributed by atoms with Gasteiger partial charge in [0.1, 0.15) is 0 Å². The Bertz CT molecular complexity index is 864. The third kappa shape index (κ3) is 1.96. The van der Waals surface area contributed by atoms with Gasteiger partial charge in [-0.15, -0.1) is 0 Å². The van der Waals surface area contributed by atoms with Gasteiger partial charge in [0, 0.05) is 23.1 Å². The number of hydrogen-bond acceptors (Lipinski definition) is 3. The molecule has 1 aliphatic carbocycles. The first-order valence-corrected chi connectivity index (χ1v) is 7.71. The maximum Gasteiger partial charge on any atom is 0.228 e. The van der Waals surface area contributed by atoms with Crippen molar-refractivity contribution < 1.29 is 9.53 Å². The standard InChI is InChI=1S/C20H17NO2/c1-20(13-8-4-3-5-9-13)12-16-17(21-20)14-10-6-7-11-15(14)18(22)19(16)23-2/h3-11H,12H2,1-2H3. The van der Waals surface area contributed by atoms with Crippen molar-refractivity contribution in [1.82, 2.24) is 0 Å². The second kappa shape index (κ2) is 4.92. The quantitative estimate of drug-likeness (QED) is 0.844. The van der Waals surface area contributed by atoms with E-state index in [9.17, 15) is 4.79 Å². The van der Waals surface area contributed by atoms with E-state index in [1.165, 1.54) is 0 Å². The topological polar surface area (TPSA) is 38.7 Å². The number of allylic oxidation sites excluding steroid dienone is 1. The van der Waals surface area contributed by atoms with E-state index in [0.29, 0.717) is 17.7 Å². The second-order valence-corrected chi connectivity index (χ2v) is 6.16. The van der Waals surface area contributed by atoms with E-state index >= 15 is 0 Å². The maximum atomic E-state index is 12.7. The molecule has 0 aromatic heterocycles. The van der Waals surface area contributed by atoms with Gasteiger partial charge in [0.25, 0.3) is 0 Å². The van der Waals surface area contributed by atoms with Crippen LogP contribution in [0.2, 0.25) is 0 Å². The van der Waals surface area contributed by atoms with Gasteiger partial charge in [0.15, 0.2) is 5.76 Å². The molecule has 114 valence electrons. The number of fused-ring (bicyclic) bond motifs is 3. The molecule has 1 unspecified atom stereocenters. The number of ketones is 1. The Kier molecular flexibility index (Phi) is 2.98. The highest BCUT2D eigenvalue weighted by Crippen LogP contribution is 2.44. The van der Waals surface area contributed by atoms with Gasteiger partial charge in [0.05, 0.1) is 18.4 Å². The van der Waals surface area contributed by atoms with Gasteiger partial charge < -0.3 is 4.74 Å². The Morgan fingerprint density at radius 2 is 1.65 bits per heavy atom. The van der Waals surface area contributed by atoms with Crippen molar-refractivity contribution in [3.63, 3.8) is 0 Å². The van der Waals surface area contributed by atoms with Crippen molar-refractivity contribution in [3.8, 4) is 0 Å². The lowest BCUT2D eigenvalue weighted by atomic mass is 9.83. The number of hydrogen-bond donors (Lipinski definition) is 0. The van der Waals surface area contributed by atoms with Crippen LogP contribution in [0.15, 0.2) is 70.9 Å². The Morgan fingerprint density at radius 3 is 2.35 bits per heavy atom. The molecule has 0 N–H and O–H groups in total. The zero-order valence-electron chi connectivity index (χ0n) is 13.2. The fraction of sp³-hybridized carbons (Fsp3) is 0.200. The normalized spacial score (nSPS) is 22.5. The molecule has 0 radical (unpaired) electrons. The Hall–Kier alpha value is -2.68. The summed E-state index contributed by atoms with van der Waals surface area (Å²) < 4.78 is 5.45. The summed E-state index contributed by atoms with van der Waals surface area (Å²) in [5.74, 6) is 0.386. The molecule has 2 aromatic carbocycles. The van der Waals surface area contributed by atoms with Crippen LogP contribution in [-0.4, -0.2) is 18.6 Å². The third-order valence-electron chi connectivity index (χ3n) is 4.67. The van der Waals surface area contributed by atoms with E-state index in [-0.39, 0.29) is 11.3 Å². The van der Waals surface area contributed by atoms with E-state index in [1.807, 2.05) is 42.5 Å². The molecule has 4 rings (SSSR count). The van der Waals surface area contributed by atoms with Gasteiger partial charge in [-0.25, -0.2) is 0 Å². The molecule has 0 amide bonds. The molecule has 0 spiro atoms. The Morgan fingerprint density at radius 1 is 1.00 bits per heavy atom. The lowest BCUT2D eigenvalue weighted by molar-refractivity contribution is 0.0949. The first kappa shape index (κ1) is 13.9. The minimum atomic E-state index is -0.368. The molecule has 2 aliphatic rings. The van der Waals surface area contributed by atoms with E-state index < -0.39 is 0 Å². The van der Waals surface area contributed by atoms with Crippen LogP contribution in [0.1, 0.15) is 34.8 Å². The second-order valence-electron chi connectivity index (χ2n) is 6.16. The molecular weight excluding hydrogens is 286 g/mol. The largest absolute Gasteiger partial charge is 0.492 e. The number of nitrogens with zero attached hydrogens (tertiary/aromatic N) is 1. The number of ether oxygens (including phenoxy) is 1. The molecule has 2 aromatic rings. The molecule has 3 heteroatoms. The molecule has 3 nitrogen and oxygen atoms in total. The molecule has 0 fully saturated rings. The lowest BCUT2D eigenvalue weighted by Crippen LogP contribution is -2.21. The van der Waals surface area contributed by atoms with E-state index in [4.69, 9.17) is 9.73 Å². The number of carbonyl (C=O) groups is 1. The summed E-state index contributed by atoms with van der Waals surface area (Å²) in [5.41, 5.74) is 4.17. The zero-order valence-corrected chi connectivity index (χ0v) is 13.2. The first-order valence-electron chi connectivity index (χ1n) is 7.71. The Labute approximate surface area is 135 Å². The lowest BCUT2D eigenvalue weighted by Gasteiger charge is -2.21. The molecule has 1 aliphatic heterocycles. The van der Waals surface area contributed by atoms with Crippen molar-refractivity contribution in [3.05, 3.63) is 82.6 Å². The number of carbonyl (C=O) groups excluding carboxylic acids is 1. The van der Waals surface area contributed by atoms with Crippen LogP contribution in [0.4, 0.5) is 0 Å². The van der Waals surface area contributed by atoms with Crippen molar-refractivity contribution in [2.75, 3.05) is 7.11 Å². The average Bonchev–Trinajstić information content (AvgIpc) is 2.95. The van der Waals surface area contributed by atoms with Gasteiger partial charge in [-0.3, -0.25) is 9.79 Å². The minimum absolute atomic E-state index is 0.0469. The number of rotatable bonds is 2. The highest BCUT2D eigenvalue weighted by atomic mass is 16.5. The SMILES string of the molecule is COC1=C2CC(C)(c3ccccc3)N=C2c2ccccc2C1=O. The summed E-state index contributed by atoms with van der Waals surface area (Å²) in [6.45, 7) is 2.11. The van der Waals surface area contributed by atoms with Crippen molar-refractivity contribution in [1.29, 1.82) is 0 Å². The average molecular weight is 303 g/mol. The van der Waals surface area contributed by atoms with Gasteiger partial charge in [-0.2, -0.15) is 0 Å². The summed E-state index contributed by atoms with van der Waals surface area (Å²) in [6, 6.07) is 17.8. The van der Waals surface area contributed by atoms with Crippen LogP contribution in [0.3, 0.4) is 0 Å². The molecule has 0 saturated carbocycles. The minimum Gasteiger partial charge on any atom is -0.492 e. The smallest absolute Gasteiger partial charge is 0.228 e. The molecular formula is C20H17NO2. The fourth-order valence-corrected chi connectivity index (χ4v) is 3.52. The Balaban J connectivity index is 1.95. The molecule has 23 heavy (non-hydrogen) atoms. The summed E-state index contributed by atoms with van der Waals surface area (Å²) in [6.07, 6.45) is 0.676. The van der Waals surface area contributed by atoms with Crippen LogP contribution in [-0.2, 0) is 10.3 Å². The molecule has 1 atom stereocenters. The summed E-state index contributed by atoms with van der Waals surface area (Å²) >= 11 is 0. The van der Waals surface area contributed by atoms with E-state index in [2.05, 4.69) is 19.1 Å². The van der Waals surface area contributed by atoms with Crippen LogP contribution in [0.5, 0.6) is 0 Å². The van der Waals surface area contributed by atoms with Crippen LogP contribution < -0.4 is 0 Å². The third-order valence-corrected chi connectivity index (χ3v) is 4.67. The van der Waals surface area contributed by atoms with Gasteiger partial charge in [0.2, 0.25) is 5.78 Å². The van der Waals surface area contributed by atoms with E-state index in [1.54, 1.807) is 7.11 Å². The molecule has 1 heterocycles. The van der Waals surface area contributed by atoms with Crippen LogP contribution in [0.25, 0.3) is 0 Å². The first-order chi connectivity index (χ1) is 11.1. The van der Waals surface area contributed by atoms with Crippen molar-refractivity contribution >= 4 is 11.5 Å². The predicted molar refractivity (Wildman–Crippen MR) is 89.8 cm³/mol. The summed E-state index contributed by atoms with van der Waals surface area (Å²) in [4.78, 5) is 17.7. The van der Waals surface area contributed by atoms with Crippen LogP contribution >= 0.6 is 0 Å². The predicted octanol–water partition coefficient (Wildman–Crippen LogP) is 3.89. The van der Waals surface area contributed by atoms with E-state index in [0.717, 1.165) is 22.4 Å². The number of methoxy groups -OCH3 is 1. The highest BCUT2D eigenvalue weighted by Gasteiger charge is 2.42. The fourth-order valence-electron chi connectivity index (χ4n) is 3.52. The monoisotopic (exact) mass is 303 g/mol. The van der Waals surface area contributed by atoms with Gasteiger partial charge in [-0.1, -0.05) is 54.6 Å². The summed E-state index contributed by atoms with van der Waals surface area (Å²) in [7, 11) is 1.56. The van der Waals surface area contributed by atoms with Gasteiger partial charge >= 0.3 is 0 Å². The number of aliphatic imine (C=N–C) groups is 1. The van der Waals surface area contributed by atoms with Crippen LogP contribution in [0, 0.1) is 0 Å². The van der Waals surface area contributed by atoms with Crippen molar-refractivity contribution in [2.45, 2.75) is 18.9 Å².